The highest BCUT2D eigenvalue weighted by atomic mass is 16.5. The fourth-order valence-electron chi connectivity index (χ4n) is 2.10. The molecule has 0 saturated carbocycles. The van der Waals surface area contributed by atoms with Gasteiger partial charge in [-0.25, -0.2) is 4.79 Å². The highest BCUT2D eigenvalue weighted by molar-refractivity contribution is 5.82. The average Bonchev–Trinajstić information content (AvgIpc) is 2.78. The summed E-state index contributed by atoms with van der Waals surface area (Å²) in [5.74, 6) is -0.264. The molecule has 1 saturated heterocycles. The van der Waals surface area contributed by atoms with Crippen molar-refractivity contribution in [3.05, 3.63) is 47.7 Å². The van der Waals surface area contributed by atoms with E-state index >= 15 is 0 Å². The first-order valence-electron chi connectivity index (χ1n) is 5.87. The largest absolute Gasteiger partial charge is 0.466 e. The van der Waals surface area contributed by atoms with Gasteiger partial charge in [-0.05, 0) is 18.4 Å². The number of carbonyl (C=O) groups is 1. The second-order valence-corrected chi connectivity index (χ2v) is 4.17. The Hall–Kier alpha value is -1.77. The Morgan fingerprint density at radius 2 is 2.18 bits per heavy atom. The van der Waals surface area contributed by atoms with Crippen molar-refractivity contribution in [2.75, 3.05) is 13.7 Å². The summed E-state index contributed by atoms with van der Waals surface area (Å²) in [5, 5.41) is 0. The van der Waals surface area contributed by atoms with E-state index in [2.05, 4.69) is 21.8 Å². The van der Waals surface area contributed by atoms with Gasteiger partial charge in [0.15, 0.2) is 0 Å². The molecule has 1 aliphatic rings. The van der Waals surface area contributed by atoms with E-state index < -0.39 is 0 Å². The van der Waals surface area contributed by atoms with Crippen molar-refractivity contribution >= 4 is 5.97 Å². The minimum absolute atomic E-state index is 0.264. The summed E-state index contributed by atoms with van der Waals surface area (Å²) in [6.07, 6.45) is 3.67. The van der Waals surface area contributed by atoms with Crippen LogP contribution in [-0.4, -0.2) is 24.5 Å². The normalized spacial score (nSPS) is 17.5. The van der Waals surface area contributed by atoms with E-state index in [1.807, 2.05) is 18.2 Å². The van der Waals surface area contributed by atoms with Crippen LogP contribution in [-0.2, 0) is 16.1 Å². The van der Waals surface area contributed by atoms with Crippen molar-refractivity contribution in [2.24, 2.45) is 0 Å². The van der Waals surface area contributed by atoms with E-state index in [1.54, 1.807) is 6.08 Å². The zero-order valence-electron chi connectivity index (χ0n) is 10.1. The van der Waals surface area contributed by atoms with Crippen LogP contribution < -0.4 is 0 Å². The first kappa shape index (κ1) is 11.7. The number of likely N-dealkylation sites (tertiary alicyclic amines) is 1. The number of benzene rings is 1. The van der Waals surface area contributed by atoms with Gasteiger partial charge in [0.25, 0.3) is 0 Å². The topological polar surface area (TPSA) is 29.5 Å². The molecule has 0 aliphatic carbocycles. The molecule has 1 heterocycles. The molecule has 0 aromatic heterocycles. The van der Waals surface area contributed by atoms with Crippen LogP contribution in [0.3, 0.4) is 0 Å². The number of allylic oxidation sites excluding steroid dienone is 1. The van der Waals surface area contributed by atoms with Gasteiger partial charge in [-0.1, -0.05) is 30.3 Å². The van der Waals surface area contributed by atoms with E-state index in [0.29, 0.717) is 0 Å². The van der Waals surface area contributed by atoms with Crippen molar-refractivity contribution in [3.63, 3.8) is 0 Å². The summed E-state index contributed by atoms with van der Waals surface area (Å²) in [4.78, 5) is 13.5. The Balaban J connectivity index is 2.05. The minimum atomic E-state index is -0.264. The van der Waals surface area contributed by atoms with Crippen LogP contribution in [0, 0.1) is 0 Å². The van der Waals surface area contributed by atoms with Crippen LogP contribution in [0.1, 0.15) is 18.4 Å². The number of carbonyl (C=O) groups excluding carboxylic acids is 1. The standard InChI is InChI=1S/C14H17NO2/c1-17-14(16)10-13-8-5-9-15(13)11-12-6-3-2-4-7-12/h2-4,6-7,10H,5,8-9,11H2,1H3/b13-10+. The van der Waals surface area contributed by atoms with E-state index in [1.165, 1.54) is 12.7 Å². The molecule has 1 aromatic rings. The molecule has 17 heavy (non-hydrogen) atoms. The maximum absolute atomic E-state index is 11.2. The van der Waals surface area contributed by atoms with Gasteiger partial charge >= 0.3 is 5.97 Å². The van der Waals surface area contributed by atoms with E-state index in [-0.39, 0.29) is 5.97 Å². The summed E-state index contributed by atoms with van der Waals surface area (Å²) in [6.45, 7) is 1.88. The van der Waals surface area contributed by atoms with Crippen molar-refractivity contribution in [2.45, 2.75) is 19.4 Å². The van der Waals surface area contributed by atoms with Gasteiger partial charge in [0.05, 0.1) is 7.11 Å². The molecular weight excluding hydrogens is 214 g/mol. The predicted molar refractivity (Wildman–Crippen MR) is 66.2 cm³/mol. The molecule has 0 spiro atoms. The number of esters is 1. The number of methoxy groups -OCH3 is 1. The van der Waals surface area contributed by atoms with Gasteiger partial charge in [0.2, 0.25) is 0 Å². The minimum Gasteiger partial charge on any atom is -0.466 e. The molecule has 2 rings (SSSR count). The molecule has 1 aromatic carbocycles. The smallest absolute Gasteiger partial charge is 0.332 e. The van der Waals surface area contributed by atoms with Crippen molar-refractivity contribution in [1.29, 1.82) is 0 Å². The van der Waals surface area contributed by atoms with Crippen LogP contribution in [0.5, 0.6) is 0 Å². The lowest BCUT2D eigenvalue weighted by Crippen LogP contribution is -2.18. The maximum atomic E-state index is 11.2. The monoisotopic (exact) mass is 231 g/mol. The summed E-state index contributed by atoms with van der Waals surface area (Å²) < 4.78 is 4.67. The molecule has 0 N–H and O–H groups in total. The second-order valence-electron chi connectivity index (χ2n) is 4.17. The molecule has 90 valence electrons. The fourth-order valence-corrected chi connectivity index (χ4v) is 2.10. The Morgan fingerprint density at radius 3 is 2.88 bits per heavy atom. The number of rotatable bonds is 3. The Morgan fingerprint density at radius 1 is 1.41 bits per heavy atom. The molecule has 0 atom stereocenters. The number of hydrogen-bond acceptors (Lipinski definition) is 3. The van der Waals surface area contributed by atoms with Crippen LogP contribution >= 0.6 is 0 Å². The molecular formula is C14H17NO2. The van der Waals surface area contributed by atoms with Gasteiger partial charge in [-0.3, -0.25) is 0 Å². The van der Waals surface area contributed by atoms with Gasteiger partial charge in [-0.2, -0.15) is 0 Å². The van der Waals surface area contributed by atoms with E-state index in [0.717, 1.165) is 31.6 Å². The Labute approximate surface area is 102 Å². The van der Waals surface area contributed by atoms with E-state index in [9.17, 15) is 4.79 Å². The average molecular weight is 231 g/mol. The van der Waals surface area contributed by atoms with E-state index in [4.69, 9.17) is 0 Å². The third-order valence-electron chi connectivity index (χ3n) is 2.97. The number of hydrogen-bond donors (Lipinski definition) is 0. The number of ether oxygens (including phenoxy) is 1. The highest BCUT2D eigenvalue weighted by Gasteiger charge is 2.18. The zero-order chi connectivity index (χ0) is 12.1. The van der Waals surface area contributed by atoms with Crippen molar-refractivity contribution in [3.8, 4) is 0 Å². The van der Waals surface area contributed by atoms with Gasteiger partial charge in [0, 0.05) is 24.9 Å². The van der Waals surface area contributed by atoms with Crippen LogP contribution in [0.4, 0.5) is 0 Å². The van der Waals surface area contributed by atoms with Crippen molar-refractivity contribution < 1.29 is 9.53 Å². The zero-order valence-corrected chi connectivity index (χ0v) is 10.1. The van der Waals surface area contributed by atoms with Gasteiger partial charge in [0.1, 0.15) is 0 Å². The van der Waals surface area contributed by atoms with Crippen molar-refractivity contribution in [1.82, 2.24) is 4.90 Å². The molecule has 1 aliphatic heterocycles. The molecule has 3 heteroatoms. The first-order chi connectivity index (χ1) is 8.29. The second kappa shape index (κ2) is 5.53. The fraction of sp³-hybridized carbons (Fsp3) is 0.357. The van der Waals surface area contributed by atoms with Crippen LogP contribution in [0.25, 0.3) is 0 Å². The molecule has 3 nitrogen and oxygen atoms in total. The molecule has 0 bridgehead atoms. The quantitative estimate of drug-likeness (QED) is 0.590. The summed E-state index contributed by atoms with van der Waals surface area (Å²) in [6, 6.07) is 10.3. The van der Waals surface area contributed by atoms with Crippen LogP contribution in [0.2, 0.25) is 0 Å². The summed E-state index contributed by atoms with van der Waals surface area (Å²) >= 11 is 0. The third kappa shape index (κ3) is 3.09. The lowest BCUT2D eigenvalue weighted by Gasteiger charge is -2.19. The van der Waals surface area contributed by atoms with Crippen LogP contribution in [0.15, 0.2) is 42.1 Å². The molecule has 1 fully saturated rings. The van der Waals surface area contributed by atoms with Gasteiger partial charge < -0.3 is 9.64 Å². The molecule has 0 unspecified atom stereocenters. The molecule has 0 radical (unpaired) electrons. The number of nitrogens with zero attached hydrogens (tertiary/aromatic N) is 1. The third-order valence-corrected chi connectivity index (χ3v) is 2.97. The first-order valence-corrected chi connectivity index (χ1v) is 5.87. The molecule has 0 amide bonds. The maximum Gasteiger partial charge on any atom is 0.332 e. The summed E-state index contributed by atoms with van der Waals surface area (Å²) in [5.41, 5.74) is 2.35. The Kier molecular flexibility index (Phi) is 3.81. The lowest BCUT2D eigenvalue weighted by molar-refractivity contribution is -0.135. The Bertz CT molecular complexity index is 411. The summed E-state index contributed by atoms with van der Waals surface area (Å²) in [7, 11) is 1.41. The van der Waals surface area contributed by atoms with Gasteiger partial charge in [-0.15, -0.1) is 0 Å². The predicted octanol–water partition coefficient (Wildman–Crippen LogP) is 2.34. The highest BCUT2D eigenvalue weighted by Crippen LogP contribution is 2.23. The SMILES string of the molecule is COC(=O)/C=C1\CCCN1Cc1ccccc1. The lowest BCUT2D eigenvalue weighted by atomic mass is 10.2.